The fourth-order valence-electron chi connectivity index (χ4n) is 5.46. The fraction of sp³-hybridized carbons (Fsp3) is 0.378. The predicted octanol–water partition coefficient (Wildman–Crippen LogP) is 13.8. The van der Waals surface area contributed by atoms with Crippen LogP contribution in [0, 0.1) is 0 Å². The quantitative estimate of drug-likeness (QED) is 0.0473. The summed E-state index contributed by atoms with van der Waals surface area (Å²) in [7, 11) is 0. The molecule has 0 heterocycles. The summed E-state index contributed by atoms with van der Waals surface area (Å²) in [6.07, 6.45) is 33.1. The van der Waals surface area contributed by atoms with E-state index < -0.39 is 0 Å². The Bertz CT molecular complexity index is 1360. The molecule has 0 atom stereocenters. The number of benzene rings is 3. The van der Waals surface area contributed by atoms with Gasteiger partial charge in [0, 0.05) is 0 Å². The van der Waals surface area contributed by atoms with Crippen LogP contribution in [0.1, 0.15) is 126 Å². The lowest BCUT2D eigenvalue weighted by Gasteiger charge is -2.06. The zero-order valence-electron chi connectivity index (χ0n) is 29.0. The molecule has 3 aromatic rings. The number of aryl methyl sites for hydroxylation is 2. The Morgan fingerprint density at radius 3 is 1.43 bits per heavy atom. The third-order valence-electron chi connectivity index (χ3n) is 8.46. The van der Waals surface area contributed by atoms with E-state index in [1.54, 1.807) is 0 Å². The Morgan fingerprint density at radius 1 is 0.522 bits per heavy atom. The summed E-state index contributed by atoms with van der Waals surface area (Å²) in [6, 6.07) is 26.1. The van der Waals surface area contributed by atoms with Gasteiger partial charge >= 0.3 is 0 Å². The minimum Gasteiger partial charge on any atom is -0.458 e. The van der Waals surface area contributed by atoms with Crippen molar-refractivity contribution in [2.45, 2.75) is 111 Å². The monoisotopic (exact) mass is 614 g/mol. The highest BCUT2D eigenvalue weighted by Gasteiger charge is 1.99. The maximum Gasteiger partial charge on any atom is 0.127 e. The molecule has 0 saturated heterocycles. The molecule has 0 unspecified atom stereocenters. The zero-order valence-corrected chi connectivity index (χ0v) is 29.0. The summed E-state index contributed by atoms with van der Waals surface area (Å²) in [4.78, 5) is 0. The van der Waals surface area contributed by atoms with Crippen molar-refractivity contribution in [3.8, 4) is 5.75 Å². The Morgan fingerprint density at radius 2 is 0.957 bits per heavy atom. The molecule has 1 heteroatoms. The minimum absolute atomic E-state index is 0.608. The highest BCUT2D eigenvalue weighted by molar-refractivity contribution is 5.70. The van der Waals surface area contributed by atoms with Gasteiger partial charge in [0.15, 0.2) is 0 Å². The van der Waals surface area contributed by atoms with Gasteiger partial charge in [0.05, 0.1) is 0 Å². The number of hydrogen-bond donors (Lipinski definition) is 0. The van der Waals surface area contributed by atoms with Gasteiger partial charge in [-0.05, 0) is 84.2 Å². The Hall–Kier alpha value is -3.84. The molecule has 0 aliphatic carbocycles. The van der Waals surface area contributed by atoms with E-state index in [1.165, 1.54) is 112 Å². The number of unbranched alkanes of at least 4 members (excludes halogenated alkanes) is 10. The van der Waals surface area contributed by atoms with Crippen LogP contribution in [0.4, 0.5) is 0 Å². The molecule has 46 heavy (non-hydrogen) atoms. The maximum atomic E-state index is 5.98. The van der Waals surface area contributed by atoms with Gasteiger partial charge in [0.2, 0.25) is 0 Å². The number of hydrogen-bond acceptors (Lipinski definition) is 1. The van der Waals surface area contributed by atoms with Gasteiger partial charge in [-0.15, -0.1) is 0 Å². The van der Waals surface area contributed by atoms with Gasteiger partial charge in [-0.3, -0.25) is 0 Å². The molecule has 0 radical (unpaired) electrons. The van der Waals surface area contributed by atoms with Crippen LogP contribution >= 0.6 is 0 Å². The molecule has 0 aliphatic heterocycles. The average Bonchev–Trinajstić information content (AvgIpc) is 3.08. The van der Waals surface area contributed by atoms with Gasteiger partial charge in [-0.25, -0.2) is 0 Å². The van der Waals surface area contributed by atoms with Crippen molar-refractivity contribution < 1.29 is 4.74 Å². The normalized spacial score (nSPS) is 12.1. The molecule has 0 fully saturated rings. The van der Waals surface area contributed by atoms with Crippen molar-refractivity contribution in [3.05, 3.63) is 143 Å². The summed E-state index contributed by atoms with van der Waals surface area (Å²) in [6.45, 7) is 10.7. The lowest BCUT2D eigenvalue weighted by Crippen LogP contribution is -1.90. The molecule has 0 spiro atoms. The molecular formula is C45H58O. The number of ether oxygens (including phenoxy) is 1. The van der Waals surface area contributed by atoms with Crippen LogP contribution in [-0.2, 0) is 12.8 Å². The van der Waals surface area contributed by atoms with E-state index in [2.05, 4.69) is 111 Å². The smallest absolute Gasteiger partial charge is 0.127 e. The van der Waals surface area contributed by atoms with E-state index in [4.69, 9.17) is 4.74 Å². The highest BCUT2D eigenvalue weighted by atomic mass is 16.5. The number of rotatable bonds is 22. The van der Waals surface area contributed by atoms with Crippen LogP contribution in [0.15, 0.2) is 115 Å². The van der Waals surface area contributed by atoms with Crippen LogP contribution in [0.2, 0.25) is 0 Å². The third kappa shape index (κ3) is 15.4. The second kappa shape index (κ2) is 22.6. The fourth-order valence-corrected chi connectivity index (χ4v) is 5.46. The summed E-state index contributed by atoms with van der Waals surface area (Å²) in [5, 5.41) is 0. The van der Waals surface area contributed by atoms with E-state index in [0.29, 0.717) is 5.76 Å². The molecule has 0 N–H and O–H groups in total. The van der Waals surface area contributed by atoms with E-state index in [-0.39, 0.29) is 0 Å². The molecule has 244 valence electrons. The largest absolute Gasteiger partial charge is 0.458 e. The first-order valence-electron chi connectivity index (χ1n) is 17.9. The lowest BCUT2D eigenvalue weighted by atomic mass is 10.0. The molecule has 1 nitrogen and oxygen atoms in total. The Balaban J connectivity index is 1.40. The first-order chi connectivity index (χ1) is 22.6. The topological polar surface area (TPSA) is 9.23 Å². The average molecular weight is 615 g/mol. The Kier molecular flexibility index (Phi) is 18.0. The standard InChI is InChI=1S/C45H58O/c1-5-8-10-12-14-16-18-40-24-28-42(29-25-40)23-22-39(7-3)21-20-38(4)46-45-36-34-44(35-37-45)33-32-43-30-26-41(27-31-43)19-17-15-13-11-9-6-2/h7,20-37H,4-6,8-19H2,1-3H3/b21-20-,23-22+,33-32+,39-7+. The van der Waals surface area contributed by atoms with Gasteiger partial charge in [-0.2, -0.15) is 0 Å². The molecular weight excluding hydrogens is 556 g/mol. The predicted molar refractivity (Wildman–Crippen MR) is 204 cm³/mol. The second-order valence-electron chi connectivity index (χ2n) is 12.4. The van der Waals surface area contributed by atoms with E-state index in [9.17, 15) is 0 Å². The summed E-state index contributed by atoms with van der Waals surface area (Å²) >= 11 is 0. The molecule has 0 bridgehead atoms. The van der Waals surface area contributed by atoms with Crippen molar-refractivity contribution in [2.75, 3.05) is 0 Å². The number of allylic oxidation sites excluding steroid dienone is 5. The highest BCUT2D eigenvalue weighted by Crippen LogP contribution is 2.19. The van der Waals surface area contributed by atoms with Crippen molar-refractivity contribution >= 4 is 18.2 Å². The lowest BCUT2D eigenvalue weighted by molar-refractivity contribution is 0.447. The van der Waals surface area contributed by atoms with Crippen molar-refractivity contribution in [1.82, 2.24) is 0 Å². The zero-order chi connectivity index (χ0) is 32.7. The van der Waals surface area contributed by atoms with Crippen molar-refractivity contribution in [3.63, 3.8) is 0 Å². The van der Waals surface area contributed by atoms with Crippen LogP contribution in [-0.4, -0.2) is 0 Å². The van der Waals surface area contributed by atoms with Gasteiger partial charge in [-0.1, -0.05) is 182 Å². The molecule has 0 saturated carbocycles. The van der Waals surface area contributed by atoms with Crippen LogP contribution in [0.25, 0.3) is 18.2 Å². The summed E-state index contributed by atoms with van der Waals surface area (Å²) in [5.74, 6) is 1.39. The molecule has 0 aliphatic rings. The molecule has 0 amide bonds. The molecule has 3 rings (SSSR count). The SMILES string of the molecule is C=C(\C=C/C(=C\C)/C=C/c1ccc(CCCCCCCC)cc1)Oc1ccc(/C=C/c2ccc(CCCCCCCC)cc2)cc1. The third-order valence-corrected chi connectivity index (χ3v) is 8.46. The first-order valence-corrected chi connectivity index (χ1v) is 17.9. The first kappa shape index (κ1) is 36.6. The van der Waals surface area contributed by atoms with E-state index >= 15 is 0 Å². The van der Waals surface area contributed by atoms with Crippen LogP contribution in [0.5, 0.6) is 5.75 Å². The van der Waals surface area contributed by atoms with Gasteiger partial charge in [0.1, 0.15) is 11.5 Å². The van der Waals surface area contributed by atoms with Crippen LogP contribution in [0.3, 0.4) is 0 Å². The minimum atomic E-state index is 0.608. The van der Waals surface area contributed by atoms with Crippen molar-refractivity contribution in [1.29, 1.82) is 0 Å². The molecule has 0 aromatic heterocycles. The Labute approximate surface area is 281 Å². The summed E-state index contributed by atoms with van der Waals surface area (Å²) < 4.78 is 5.98. The molecule has 3 aromatic carbocycles. The van der Waals surface area contributed by atoms with Gasteiger partial charge < -0.3 is 4.74 Å². The second-order valence-corrected chi connectivity index (χ2v) is 12.4. The van der Waals surface area contributed by atoms with Gasteiger partial charge in [0.25, 0.3) is 0 Å². The van der Waals surface area contributed by atoms with Crippen molar-refractivity contribution in [2.24, 2.45) is 0 Å². The maximum absolute atomic E-state index is 5.98. The van der Waals surface area contributed by atoms with E-state index in [0.717, 1.165) is 16.9 Å². The summed E-state index contributed by atoms with van der Waals surface area (Å²) in [5.41, 5.74) is 7.55. The van der Waals surface area contributed by atoms with E-state index in [1.807, 2.05) is 31.2 Å². The van der Waals surface area contributed by atoms with Crippen LogP contribution < -0.4 is 4.74 Å².